The molecule has 0 amide bonds. The maximum Gasteiger partial charge on any atom is 1.00 e. The van der Waals surface area contributed by atoms with E-state index in [1.54, 1.807) is 13.8 Å². The summed E-state index contributed by atoms with van der Waals surface area (Å²) in [5, 5.41) is 10.5. The van der Waals surface area contributed by atoms with E-state index in [-0.39, 0.29) is 29.6 Å². The number of hydrogen-bond acceptors (Lipinski definition) is 3. The number of allylic oxidation sites excluding steroid dienone is 2. The zero-order valence-corrected chi connectivity index (χ0v) is 11.1. The summed E-state index contributed by atoms with van der Waals surface area (Å²) in [5.74, 6) is -3.09. The van der Waals surface area contributed by atoms with Crippen molar-refractivity contribution >= 4 is 11.8 Å². The molecule has 0 spiro atoms. The zero-order chi connectivity index (χ0) is 10.6. The molecule has 4 heteroatoms. The van der Waals surface area contributed by atoms with Gasteiger partial charge in [0.05, 0.1) is 11.9 Å². The molecule has 0 fully saturated rings. The Balaban J connectivity index is 0. The summed E-state index contributed by atoms with van der Waals surface area (Å²) in [4.78, 5) is 21.8. The van der Waals surface area contributed by atoms with Crippen LogP contribution in [0.2, 0.25) is 0 Å². The van der Waals surface area contributed by atoms with Crippen molar-refractivity contribution in [2.45, 2.75) is 20.8 Å². The van der Waals surface area contributed by atoms with Crippen LogP contribution in [0.25, 0.3) is 0 Å². The predicted octanol–water partition coefficient (Wildman–Crippen LogP) is -2.53. The van der Waals surface area contributed by atoms with Crippen LogP contribution in [0.5, 0.6) is 0 Å². The Hall–Kier alpha value is -0.380. The first-order chi connectivity index (χ1) is 5.86. The number of carbonyl (C=O) groups is 2. The third kappa shape index (κ3) is 5.37. The van der Waals surface area contributed by atoms with Gasteiger partial charge in [-0.15, -0.1) is 0 Å². The average Bonchev–Trinajstić information content (AvgIpc) is 1.81. The van der Waals surface area contributed by atoms with Gasteiger partial charge in [-0.1, -0.05) is 17.7 Å². The Morgan fingerprint density at radius 1 is 1.29 bits per heavy atom. The van der Waals surface area contributed by atoms with E-state index in [0.29, 0.717) is 5.57 Å². The molecular formula is C10H13NaO3. The Morgan fingerprint density at radius 2 is 1.71 bits per heavy atom. The first-order valence-electron chi connectivity index (χ1n) is 3.91. The second-order valence-corrected chi connectivity index (χ2v) is 3.22. The monoisotopic (exact) mass is 204 g/mol. The fourth-order valence-corrected chi connectivity index (χ4v) is 0.928. The summed E-state index contributed by atoms with van der Waals surface area (Å²) in [6.45, 7) is 8.38. The number of aliphatic carboxylic acids is 1. The van der Waals surface area contributed by atoms with Gasteiger partial charge in [0.1, 0.15) is 0 Å². The molecule has 0 aliphatic rings. The fraction of sp³-hybridized carbons (Fsp3) is 0.400. The fourth-order valence-electron chi connectivity index (χ4n) is 0.928. The molecule has 0 heterocycles. The molecule has 1 unspecified atom stereocenters. The van der Waals surface area contributed by atoms with E-state index in [2.05, 4.69) is 6.58 Å². The van der Waals surface area contributed by atoms with Crippen molar-refractivity contribution in [3.05, 3.63) is 23.8 Å². The Bertz CT molecular complexity index is 261. The number of rotatable bonds is 4. The molecule has 0 aliphatic carbocycles. The van der Waals surface area contributed by atoms with Crippen molar-refractivity contribution in [1.29, 1.82) is 0 Å². The molecule has 0 rings (SSSR count). The summed E-state index contributed by atoms with van der Waals surface area (Å²) in [6.07, 6.45) is 1.29. The number of carbonyl (C=O) groups excluding carboxylic acids is 2. The van der Waals surface area contributed by atoms with E-state index in [0.717, 1.165) is 5.57 Å². The first-order valence-corrected chi connectivity index (χ1v) is 3.91. The summed E-state index contributed by atoms with van der Waals surface area (Å²) < 4.78 is 0. The third-order valence-corrected chi connectivity index (χ3v) is 1.44. The normalized spacial score (nSPS) is 10.8. The number of hydrogen-bond donors (Lipinski definition) is 0. The van der Waals surface area contributed by atoms with Gasteiger partial charge in [-0.3, -0.25) is 4.79 Å². The Morgan fingerprint density at radius 3 is 1.93 bits per heavy atom. The second kappa shape index (κ2) is 6.98. The molecule has 0 N–H and O–H groups in total. The Kier molecular flexibility index (Phi) is 8.01. The smallest absolute Gasteiger partial charge is 0.549 e. The second-order valence-electron chi connectivity index (χ2n) is 3.22. The number of carboxylic acid groups (broad SMARTS) is 1. The van der Waals surface area contributed by atoms with E-state index >= 15 is 0 Å². The molecule has 0 bridgehead atoms. The van der Waals surface area contributed by atoms with Gasteiger partial charge in [0.2, 0.25) is 0 Å². The molecule has 0 radical (unpaired) electrons. The minimum atomic E-state index is -1.39. The van der Waals surface area contributed by atoms with Crippen molar-refractivity contribution in [3.63, 3.8) is 0 Å². The van der Waals surface area contributed by atoms with E-state index < -0.39 is 17.7 Å². The van der Waals surface area contributed by atoms with Crippen LogP contribution in [0.15, 0.2) is 23.8 Å². The summed E-state index contributed by atoms with van der Waals surface area (Å²) in [6, 6.07) is 0. The summed E-state index contributed by atoms with van der Waals surface area (Å²) >= 11 is 0. The van der Waals surface area contributed by atoms with Crippen LogP contribution in [0.1, 0.15) is 20.8 Å². The largest absolute Gasteiger partial charge is 1.00 e. The molecule has 1 atom stereocenters. The van der Waals surface area contributed by atoms with Crippen LogP contribution in [0.4, 0.5) is 0 Å². The van der Waals surface area contributed by atoms with Crippen LogP contribution in [-0.4, -0.2) is 11.8 Å². The van der Waals surface area contributed by atoms with Gasteiger partial charge in [-0.25, -0.2) is 0 Å². The number of carboxylic acids is 1. The molecule has 0 aromatic carbocycles. The van der Waals surface area contributed by atoms with E-state index in [1.807, 2.05) is 0 Å². The first kappa shape index (κ1) is 16.1. The average molecular weight is 204 g/mol. The maximum atomic E-state index is 11.3. The molecule has 0 saturated carbocycles. The molecule has 0 saturated heterocycles. The predicted molar refractivity (Wildman–Crippen MR) is 47.7 cm³/mol. The van der Waals surface area contributed by atoms with Gasteiger partial charge < -0.3 is 9.90 Å². The van der Waals surface area contributed by atoms with Crippen molar-refractivity contribution in [2.24, 2.45) is 5.92 Å². The topological polar surface area (TPSA) is 57.2 Å². The standard InChI is InChI=1S/C10H14O3.Na/c1-6(2)5-8(11)9(7(3)4)10(12)13;/h5,9H,3H2,1-2,4H3,(H,12,13);/q;+1/p-1. The molecule has 0 aromatic rings. The quantitative estimate of drug-likeness (QED) is 0.219. The maximum absolute atomic E-state index is 11.3. The van der Waals surface area contributed by atoms with Crippen molar-refractivity contribution in [1.82, 2.24) is 0 Å². The molecule has 0 aliphatic heterocycles. The van der Waals surface area contributed by atoms with Gasteiger partial charge in [0.15, 0.2) is 5.78 Å². The molecule has 72 valence electrons. The molecular weight excluding hydrogens is 191 g/mol. The zero-order valence-electron chi connectivity index (χ0n) is 9.09. The van der Waals surface area contributed by atoms with E-state index in [1.165, 1.54) is 13.0 Å². The van der Waals surface area contributed by atoms with E-state index in [9.17, 15) is 14.7 Å². The van der Waals surface area contributed by atoms with Crippen LogP contribution >= 0.6 is 0 Å². The van der Waals surface area contributed by atoms with E-state index in [4.69, 9.17) is 0 Å². The van der Waals surface area contributed by atoms with Gasteiger partial charge in [-0.05, 0) is 26.8 Å². The molecule has 0 aromatic heterocycles. The minimum absolute atomic E-state index is 0. The van der Waals surface area contributed by atoms with Gasteiger partial charge in [0.25, 0.3) is 0 Å². The van der Waals surface area contributed by atoms with Crippen molar-refractivity contribution in [3.8, 4) is 0 Å². The Labute approximate surface area is 106 Å². The van der Waals surface area contributed by atoms with Gasteiger partial charge >= 0.3 is 29.6 Å². The van der Waals surface area contributed by atoms with Crippen LogP contribution < -0.4 is 34.7 Å². The van der Waals surface area contributed by atoms with Crippen LogP contribution in [0.3, 0.4) is 0 Å². The van der Waals surface area contributed by atoms with Gasteiger partial charge in [-0.2, -0.15) is 0 Å². The van der Waals surface area contributed by atoms with Crippen LogP contribution in [-0.2, 0) is 9.59 Å². The third-order valence-electron chi connectivity index (χ3n) is 1.44. The molecule has 14 heavy (non-hydrogen) atoms. The number of ketones is 1. The minimum Gasteiger partial charge on any atom is -0.549 e. The van der Waals surface area contributed by atoms with Crippen molar-refractivity contribution < 1.29 is 44.3 Å². The SMILES string of the molecule is C=C(C)C(C(=O)[O-])C(=O)C=C(C)C.[Na+]. The van der Waals surface area contributed by atoms with Crippen LogP contribution in [0, 0.1) is 5.92 Å². The summed E-state index contributed by atoms with van der Waals surface area (Å²) in [7, 11) is 0. The summed E-state index contributed by atoms with van der Waals surface area (Å²) in [5.41, 5.74) is 1.06. The molecule has 3 nitrogen and oxygen atoms in total. The van der Waals surface area contributed by atoms with Gasteiger partial charge in [0, 0.05) is 0 Å². The van der Waals surface area contributed by atoms with Crippen molar-refractivity contribution in [2.75, 3.05) is 0 Å².